The number of fused-ring (bicyclic) bond motifs is 3. The average Bonchev–Trinajstić information content (AvgIpc) is 2.71. The molecule has 0 radical (unpaired) electrons. The van der Waals surface area contributed by atoms with Gasteiger partial charge in [-0.15, -0.1) is 0 Å². The summed E-state index contributed by atoms with van der Waals surface area (Å²) in [5.41, 5.74) is 5.36. The minimum atomic E-state index is -0.169. The SMILES string of the molecule is Fc1ccc(Cc2ccc3c(c2)N2CCNCCC2C3)cc1. The summed E-state index contributed by atoms with van der Waals surface area (Å²) in [6.07, 6.45) is 3.26. The largest absolute Gasteiger partial charge is 0.367 e. The molecule has 1 atom stereocenters. The monoisotopic (exact) mass is 296 g/mol. The van der Waals surface area contributed by atoms with E-state index >= 15 is 0 Å². The molecular weight excluding hydrogens is 275 g/mol. The number of halogens is 1. The van der Waals surface area contributed by atoms with Crippen molar-refractivity contribution in [3.63, 3.8) is 0 Å². The standard InChI is InChI=1S/C19H21FN2/c20-17-5-2-14(3-6-17)11-15-1-4-16-13-18-7-8-21-9-10-22(18)19(16)12-15/h1-6,12,18,21H,7-11,13H2. The van der Waals surface area contributed by atoms with Crippen LogP contribution in [0, 0.1) is 5.82 Å². The molecule has 22 heavy (non-hydrogen) atoms. The Morgan fingerprint density at radius 1 is 1.05 bits per heavy atom. The maximum Gasteiger partial charge on any atom is 0.123 e. The highest BCUT2D eigenvalue weighted by atomic mass is 19.1. The summed E-state index contributed by atoms with van der Waals surface area (Å²) in [6.45, 7) is 3.29. The third-order valence-electron chi connectivity index (χ3n) is 4.86. The molecule has 1 N–H and O–H groups in total. The molecule has 1 saturated heterocycles. The topological polar surface area (TPSA) is 15.3 Å². The van der Waals surface area contributed by atoms with Gasteiger partial charge in [-0.3, -0.25) is 0 Å². The highest BCUT2D eigenvalue weighted by Crippen LogP contribution is 2.35. The van der Waals surface area contributed by atoms with Crippen molar-refractivity contribution >= 4 is 5.69 Å². The molecule has 3 heteroatoms. The maximum atomic E-state index is 13.0. The molecule has 1 unspecified atom stereocenters. The van der Waals surface area contributed by atoms with Crippen LogP contribution >= 0.6 is 0 Å². The van der Waals surface area contributed by atoms with E-state index in [9.17, 15) is 4.39 Å². The fraction of sp³-hybridized carbons (Fsp3) is 0.368. The van der Waals surface area contributed by atoms with Crippen LogP contribution in [0.1, 0.15) is 23.1 Å². The quantitative estimate of drug-likeness (QED) is 0.916. The molecule has 2 nitrogen and oxygen atoms in total. The molecule has 2 heterocycles. The maximum absolute atomic E-state index is 13.0. The van der Waals surface area contributed by atoms with Crippen LogP contribution in [-0.4, -0.2) is 25.7 Å². The lowest BCUT2D eigenvalue weighted by atomic mass is 10.0. The van der Waals surface area contributed by atoms with Crippen molar-refractivity contribution in [3.8, 4) is 0 Å². The van der Waals surface area contributed by atoms with Crippen LogP contribution in [0.5, 0.6) is 0 Å². The minimum Gasteiger partial charge on any atom is -0.367 e. The number of nitrogens with one attached hydrogen (secondary N) is 1. The van der Waals surface area contributed by atoms with Crippen LogP contribution in [0.4, 0.5) is 10.1 Å². The molecule has 2 aromatic rings. The molecule has 0 amide bonds. The first-order valence-electron chi connectivity index (χ1n) is 8.13. The Balaban J connectivity index is 1.59. The Labute approximate surface area is 131 Å². The van der Waals surface area contributed by atoms with Gasteiger partial charge in [0.05, 0.1) is 0 Å². The number of hydrogen-bond acceptors (Lipinski definition) is 2. The van der Waals surface area contributed by atoms with Crippen molar-refractivity contribution in [2.24, 2.45) is 0 Å². The molecule has 0 saturated carbocycles. The summed E-state index contributed by atoms with van der Waals surface area (Å²) in [6, 6.07) is 14.3. The summed E-state index contributed by atoms with van der Waals surface area (Å²) in [4.78, 5) is 2.57. The second-order valence-electron chi connectivity index (χ2n) is 6.36. The molecule has 2 aliphatic heterocycles. The summed E-state index contributed by atoms with van der Waals surface area (Å²) < 4.78 is 13.0. The molecule has 114 valence electrons. The Morgan fingerprint density at radius 2 is 1.86 bits per heavy atom. The first kappa shape index (κ1) is 13.8. The summed E-state index contributed by atoms with van der Waals surface area (Å²) in [5, 5.41) is 3.49. The van der Waals surface area contributed by atoms with E-state index < -0.39 is 0 Å². The van der Waals surface area contributed by atoms with Gasteiger partial charge in [-0.25, -0.2) is 4.39 Å². The van der Waals surface area contributed by atoms with Crippen LogP contribution < -0.4 is 10.2 Å². The van der Waals surface area contributed by atoms with E-state index in [0.717, 1.165) is 31.6 Å². The van der Waals surface area contributed by atoms with Gasteiger partial charge in [0, 0.05) is 24.8 Å². The fourth-order valence-electron chi connectivity index (χ4n) is 3.71. The van der Waals surface area contributed by atoms with Gasteiger partial charge in [0.1, 0.15) is 5.82 Å². The van der Waals surface area contributed by atoms with Crippen molar-refractivity contribution in [2.45, 2.75) is 25.3 Å². The molecular formula is C19H21FN2. The molecule has 0 aromatic heterocycles. The van der Waals surface area contributed by atoms with Crippen LogP contribution in [0.15, 0.2) is 42.5 Å². The third kappa shape index (κ3) is 2.61. The van der Waals surface area contributed by atoms with E-state index in [2.05, 4.69) is 28.4 Å². The third-order valence-corrected chi connectivity index (χ3v) is 4.86. The van der Waals surface area contributed by atoms with Gasteiger partial charge in [0.15, 0.2) is 0 Å². The molecule has 4 rings (SSSR count). The van der Waals surface area contributed by atoms with Gasteiger partial charge >= 0.3 is 0 Å². The summed E-state index contributed by atoms with van der Waals surface area (Å²) in [7, 11) is 0. The van der Waals surface area contributed by atoms with E-state index in [1.54, 1.807) is 12.1 Å². The van der Waals surface area contributed by atoms with Crippen LogP contribution in [0.2, 0.25) is 0 Å². The predicted octanol–water partition coefficient (Wildman–Crippen LogP) is 3.14. The number of hydrogen-bond donors (Lipinski definition) is 1. The van der Waals surface area contributed by atoms with E-state index in [4.69, 9.17) is 0 Å². The number of benzene rings is 2. The van der Waals surface area contributed by atoms with E-state index in [-0.39, 0.29) is 5.82 Å². The van der Waals surface area contributed by atoms with Crippen molar-refractivity contribution in [1.82, 2.24) is 5.32 Å². The minimum absolute atomic E-state index is 0.169. The Kier molecular flexibility index (Phi) is 3.59. The van der Waals surface area contributed by atoms with Crippen molar-refractivity contribution in [1.29, 1.82) is 0 Å². The normalized spacial score (nSPS) is 20.4. The zero-order valence-corrected chi connectivity index (χ0v) is 12.7. The summed E-state index contributed by atoms with van der Waals surface area (Å²) in [5.74, 6) is -0.169. The zero-order valence-electron chi connectivity index (χ0n) is 12.7. The predicted molar refractivity (Wildman–Crippen MR) is 88.0 cm³/mol. The van der Waals surface area contributed by atoms with Gasteiger partial charge in [0.25, 0.3) is 0 Å². The Bertz CT molecular complexity index is 666. The van der Waals surface area contributed by atoms with Gasteiger partial charge in [0.2, 0.25) is 0 Å². The number of anilines is 1. The highest BCUT2D eigenvalue weighted by Gasteiger charge is 2.29. The lowest BCUT2D eigenvalue weighted by Crippen LogP contribution is -2.32. The molecule has 0 spiro atoms. The second kappa shape index (κ2) is 5.73. The van der Waals surface area contributed by atoms with Crippen LogP contribution in [0.3, 0.4) is 0 Å². The Morgan fingerprint density at radius 3 is 2.73 bits per heavy atom. The molecule has 2 aromatic carbocycles. The van der Waals surface area contributed by atoms with Crippen LogP contribution in [-0.2, 0) is 12.8 Å². The lowest BCUT2D eigenvalue weighted by Gasteiger charge is -2.24. The van der Waals surface area contributed by atoms with Crippen molar-refractivity contribution in [2.75, 3.05) is 24.5 Å². The highest BCUT2D eigenvalue weighted by molar-refractivity contribution is 5.61. The first-order valence-corrected chi connectivity index (χ1v) is 8.13. The molecule has 2 aliphatic rings. The number of nitrogens with zero attached hydrogens (tertiary/aromatic N) is 1. The van der Waals surface area contributed by atoms with Gasteiger partial charge in [-0.2, -0.15) is 0 Å². The van der Waals surface area contributed by atoms with Gasteiger partial charge in [-0.1, -0.05) is 24.3 Å². The number of rotatable bonds is 2. The summed E-state index contributed by atoms with van der Waals surface area (Å²) >= 11 is 0. The first-order chi connectivity index (χ1) is 10.8. The van der Waals surface area contributed by atoms with E-state index in [1.165, 1.54) is 29.7 Å². The van der Waals surface area contributed by atoms with Crippen molar-refractivity contribution in [3.05, 3.63) is 65.0 Å². The molecule has 0 aliphatic carbocycles. The van der Waals surface area contributed by atoms with E-state index in [1.807, 2.05) is 12.1 Å². The lowest BCUT2D eigenvalue weighted by molar-refractivity contribution is 0.612. The smallest absolute Gasteiger partial charge is 0.123 e. The molecule has 1 fully saturated rings. The molecule has 0 bridgehead atoms. The Hall–Kier alpha value is -1.87. The van der Waals surface area contributed by atoms with Gasteiger partial charge in [-0.05, 0) is 60.7 Å². The average molecular weight is 296 g/mol. The zero-order chi connectivity index (χ0) is 14.9. The van der Waals surface area contributed by atoms with E-state index in [0.29, 0.717) is 6.04 Å². The second-order valence-corrected chi connectivity index (χ2v) is 6.36. The van der Waals surface area contributed by atoms with Gasteiger partial charge < -0.3 is 10.2 Å². The van der Waals surface area contributed by atoms with Crippen LogP contribution in [0.25, 0.3) is 0 Å². The van der Waals surface area contributed by atoms with Crippen molar-refractivity contribution < 1.29 is 4.39 Å². The fourth-order valence-corrected chi connectivity index (χ4v) is 3.71.